The molecule has 2 N–H and O–H groups in total. The summed E-state index contributed by atoms with van der Waals surface area (Å²) in [6.07, 6.45) is 0.426. The molecule has 0 radical (unpaired) electrons. The fourth-order valence-corrected chi connectivity index (χ4v) is 2.91. The summed E-state index contributed by atoms with van der Waals surface area (Å²) in [7, 11) is 0. The van der Waals surface area contributed by atoms with Gasteiger partial charge < -0.3 is 19.6 Å². The van der Waals surface area contributed by atoms with E-state index in [2.05, 4.69) is 17.2 Å². The van der Waals surface area contributed by atoms with Crippen molar-refractivity contribution in [2.75, 3.05) is 26.3 Å². The Kier molecular flexibility index (Phi) is 8.72. The molecule has 1 fully saturated rings. The van der Waals surface area contributed by atoms with Gasteiger partial charge in [-0.25, -0.2) is 4.31 Å². The average Bonchev–Trinajstić information content (AvgIpc) is 3.40. The van der Waals surface area contributed by atoms with Gasteiger partial charge in [0.15, 0.2) is 6.61 Å². The molecule has 0 bridgehead atoms. The Morgan fingerprint density at radius 3 is 2.85 bits per heavy atom. The number of ether oxygens (including phenoxy) is 1. The first-order chi connectivity index (χ1) is 12.9. The van der Waals surface area contributed by atoms with Gasteiger partial charge in [-0.05, 0) is 19.1 Å². The number of amides is 2. The van der Waals surface area contributed by atoms with Gasteiger partial charge >= 0.3 is 0 Å². The zero-order chi connectivity index (χ0) is 19.8. The van der Waals surface area contributed by atoms with Gasteiger partial charge in [0.1, 0.15) is 11.8 Å². The minimum absolute atomic E-state index is 0.124. The fraction of sp³-hybridized carbons (Fsp3) is 0.412. The van der Waals surface area contributed by atoms with E-state index in [0.717, 1.165) is 0 Å². The van der Waals surface area contributed by atoms with Crippen molar-refractivity contribution in [3.63, 3.8) is 0 Å². The lowest BCUT2D eigenvalue weighted by atomic mass is 10.3. The number of nitrogens with zero attached hydrogens (tertiary/aromatic N) is 1. The van der Waals surface area contributed by atoms with Crippen LogP contribution in [0.1, 0.15) is 13.3 Å². The van der Waals surface area contributed by atoms with Crippen LogP contribution in [0.15, 0.2) is 30.5 Å². The Morgan fingerprint density at radius 1 is 1.37 bits per heavy atom. The maximum atomic E-state index is 12.0. The van der Waals surface area contributed by atoms with E-state index in [1.54, 1.807) is 18.2 Å². The van der Waals surface area contributed by atoms with Crippen LogP contribution in [0.4, 0.5) is 0 Å². The Morgan fingerprint density at radius 2 is 2.15 bits per heavy atom. The normalized spacial score (nSPS) is 17.9. The van der Waals surface area contributed by atoms with Crippen LogP contribution in [-0.2, 0) is 13.8 Å². The van der Waals surface area contributed by atoms with Crippen LogP contribution in [0.5, 0.6) is 5.75 Å². The maximum Gasteiger partial charge on any atom is 0.257 e. The third kappa shape index (κ3) is 7.59. The van der Waals surface area contributed by atoms with Crippen molar-refractivity contribution in [3.05, 3.63) is 40.5 Å². The zero-order valence-electron chi connectivity index (χ0n) is 14.8. The minimum Gasteiger partial charge on any atom is -0.484 e. The number of carbonyl (C=O) groups excluding carboxylic acids is 2. The Balaban J connectivity index is 1.58. The highest BCUT2D eigenvalue weighted by molar-refractivity contribution is 7.92. The van der Waals surface area contributed by atoms with Gasteiger partial charge in [0.05, 0.1) is 28.9 Å². The molecule has 1 heterocycles. The molecule has 27 heavy (non-hydrogen) atoms. The number of nitrogens with one attached hydrogen (secondary N) is 2. The molecule has 2 amide bonds. The third-order valence-corrected chi connectivity index (χ3v) is 5.12. The lowest BCUT2D eigenvalue weighted by Gasteiger charge is -2.10. The van der Waals surface area contributed by atoms with Crippen molar-refractivity contribution in [1.82, 2.24) is 14.9 Å². The Labute approximate surface area is 172 Å². The molecule has 0 aliphatic carbocycles. The van der Waals surface area contributed by atoms with Crippen molar-refractivity contribution in [1.29, 1.82) is 0 Å². The maximum absolute atomic E-state index is 12.0. The zero-order valence-corrected chi connectivity index (χ0v) is 17.1. The number of hydrogen-bond donors (Lipinski definition) is 2. The summed E-state index contributed by atoms with van der Waals surface area (Å²) in [5.41, 5.74) is 0.541. The largest absolute Gasteiger partial charge is 0.484 e. The minimum atomic E-state index is -0.290. The smallest absolute Gasteiger partial charge is 0.257 e. The van der Waals surface area contributed by atoms with Gasteiger partial charge in [-0.2, -0.15) is 0 Å². The summed E-state index contributed by atoms with van der Waals surface area (Å²) in [4.78, 5) is 23.8. The first kappa shape index (κ1) is 21.8. The third-order valence-electron chi connectivity index (χ3n) is 3.45. The second-order valence-electron chi connectivity index (χ2n) is 5.65. The molecule has 7 nitrogen and oxygen atoms in total. The van der Waals surface area contributed by atoms with Crippen molar-refractivity contribution >= 4 is 47.2 Å². The molecule has 0 saturated carbocycles. The molecule has 10 heteroatoms. The standard InChI is InChI=1S/C17H21Cl2N3O4S/c1-3-26-27-22-9-15(22)17(24)21-11(2)6-7-20-16(23)10-25-12-4-5-13(18)14(19)8-12/h4-5,8,15H,2-3,6-7,9-10H2,1H3,(H,20,23)(H,21,24). The van der Waals surface area contributed by atoms with Gasteiger partial charge in [0, 0.05) is 31.3 Å². The van der Waals surface area contributed by atoms with Crippen molar-refractivity contribution < 1.29 is 18.5 Å². The molecule has 2 rings (SSSR count). The second kappa shape index (κ2) is 10.8. The summed E-state index contributed by atoms with van der Waals surface area (Å²) in [5.74, 6) is 0.0401. The number of rotatable bonds is 11. The molecule has 1 aliphatic rings. The number of hydrogen-bond acceptors (Lipinski definition) is 6. The summed E-state index contributed by atoms with van der Waals surface area (Å²) in [6, 6.07) is 4.56. The van der Waals surface area contributed by atoms with Gasteiger partial charge in [0.25, 0.3) is 5.91 Å². The monoisotopic (exact) mass is 433 g/mol. The van der Waals surface area contributed by atoms with E-state index in [1.807, 2.05) is 11.2 Å². The first-order valence-electron chi connectivity index (χ1n) is 8.30. The van der Waals surface area contributed by atoms with Gasteiger partial charge in [-0.15, -0.1) is 0 Å². The molecule has 0 aromatic heterocycles. The van der Waals surface area contributed by atoms with Gasteiger partial charge in [-0.3, -0.25) is 9.59 Å². The molecule has 1 saturated heterocycles. The van der Waals surface area contributed by atoms with Crippen LogP contribution in [-0.4, -0.2) is 48.5 Å². The summed E-state index contributed by atoms with van der Waals surface area (Å²) in [5, 5.41) is 6.21. The second-order valence-corrected chi connectivity index (χ2v) is 7.32. The molecular weight excluding hydrogens is 413 g/mol. The molecular formula is C17H21Cl2N3O4S. The van der Waals surface area contributed by atoms with E-state index in [9.17, 15) is 9.59 Å². The molecule has 1 aromatic carbocycles. The molecule has 1 aromatic rings. The van der Waals surface area contributed by atoms with E-state index in [4.69, 9.17) is 32.1 Å². The molecule has 0 spiro atoms. The predicted molar refractivity (Wildman–Crippen MR) is 107 cm³/mol. The summed E-state index contributed by atoms with van der Waals surface area (Å²) >= 11 is 12.9. The highest BCUT2D eigenvalue weighted by Gasteiger charge is 2.42. The van der Waals surface area contributed by atoms with Crippen molar-refractivity contribution in [2.45, 2.75) is 19.4 Å². The van der Waals surface area contributed by atoms with Crippen LogP contribution in [0.3, 0.4) is 0 Å². The van der Waals surface area contributed by atoms with Gasteiger partial charge in [-0.1, -0.05) is 29.8 Å². The van der Waals surface area contributed by atoms with Crippen LogP contribution in [0, 0.1) is 0 Å². The lowest BCUT2D eigenvalue weighted by molar-refractivity contribution is -0.123. The van der Waals surface area contributed by atoms with Crippen LogP contribution < -0.4 is 15.4 Å². The summed E-state index contributed by atoms with van der Waals surface area (Å²) < 4.78 is 12.3. The lowest BCUT2D eigenvalue weighted by Crippen LogP contribution is -2.33. The highest BCUT2D eigenvalue weighted by atomic mass is 35.5. The Bertz CT molecular complexity index is 705. The SMILES string of the molecule is C=C(CCNC(=O)COc1ccc(Cl)c(Cl)c1)NC(=O)C1CN1SOCC. The summed E-state index contributed by atoms with van der Waals surface area (Å²) in [6.45, 7) is 7.10. The van der Waals surface area contributed by atoms with Crippen LogP contribution in [0.25, 0.3) is 0 Å². The predicted octanol–water partition coefficient (Wildman–Crippen LogP) is 2.79. The van der Waals surface area contributed by atoms with E-state index in [0.29, 0.717) is 47.6 Å². The Hall–Kier alpha value is -1.45. The number of benzene rings is 1. The molecule has 2 atom stereocenters. The highest BCUT2D eigenvalue weighted by Crippen LogP contribution is 2.28. The van der Waals surface area contributed by atoms with Crippen molar-refractivity contribution in [3.8, 4) is 5.75 Å². The van der Waals surface area contributed by atoms with E-state index in [-0.39, 0.29) is 24.5 Å². The van der Waals surface area contributed by atoms with E-state index < -0.39 is 0 Å². The first-order valence-corrected chi connectivity index (χ1v) is 9.75. The topological polar surface area (TPSA) is 79.7 Å². The number of halogens is 2. The van der Waals surface area contributed by atoms with Crippen LogP contribution >= 0.6 is 35.4 Å². The quantitative estimate of drug-likeness (QED) is 0.317. The van der Waals surface area contributed by atoms with Gasteiger partial charge in [0.2, 0.25) is 5.91 Å². The molecule has 148 valence electrons. The number of carbonyl (C=O) groups is 2. The van der Waals surface area contributed by atoms with E-state index in [1.165, 1.54) is 12.2 Å². The van der Waals surface area contributed by atoms with Crippen LogP contribution in [0.2, 0.25) is 10.0 Å². The average molecular weight is 434 g/mol. The fourth-order valence-electron chi connectivity index (χ4n) is 1.98. The van der Waals surface area contributed by atoms with E-state index >= 15 is 0 Å². The molecule has 1 aliphatic heterocycles. The van der Waals surface area contributed by atoms with Crippen molar-refractivity contribution in [2.24, 2.45) is 0 Å². The molecule has 2 unspecified atom stereocenters.